The zero-order valence-corrected chi connectivity index (χ0v) is 18.1. The second-order valence-corrected chi connectivity index (χ2v) is 8.02. The van der Waals surface area contributed by atoms with E-state index in [1.807, 2.05) is 42.5 Å². The van der Waals surface area contributed by atoms with Crippen molar-refractivity contribution >= 4 is 27.7 Å². The summed E-state index contributed by atoms with van der Waals surface area (Å²) in [5, 5.41) is 4.85. The van der Waals surface area contributed by atoms with Crippen LogP contribution in [0.5, 0.6) is 23.0 Å². The molecule has 7 heteroatoms. The second kappa shape index (κ2) is 8.42. The fourth-order valence-corrected chi connectivity index (χ4v) is 4.29. The number of H-pyrrole nitrogens is 1. The number of carbonyl (C=O) groups excluding carboxylic acids is 1. The van der Waals surface area contributed by atoms with Gasteiger partial charge in [-0.2, -0.15) is 0 Å². The van der Waals surface area contributed by atoms with Gasteiger partial charge in [-0.05, 0) is 49.2 Å². The predicted molar refractivity (Wildman–Crippen MR) is 123 cm³/mol. The summed E-state index contributed by atoms with van der Waals surface area (Å²) in [6, 6.07) is 13.4. The lowest BCUT2D eigenvalue weighted by Crippen LogP contribution is -2.32. The van der Waals surface area contributed by atoms with Crippen LogP contribution in [0.2, 0.25) is 0 Å². The van der Waals surface area contributed by atoms with Gasteiger partial charge in [-0.3, -0.25) is 9.78 Å². The number of nitrogens with zero attached hydrogens (tertiary/aromatic N) is 1. The van der Waals surface area contributed by atoms with Crippen LogP contribution in [0, 0.1) is 0 Å². The Labute approximate surface area is 185 Å². The van der Waals surface area contributed by atoms with Crippen LogP contribution in [-0.2, 0) is 0 Å². The first-order valence-electron chi connectivity index (χ1n) is 10.8. The number of hydrogen-bond acceptors (Lipinski definition) is 5. The number of fused-ring (bicyclic) bond motifs is 2. The highest BCUT2D eigenvalue weighted by molar-refractivity contribution is 5.98. The first-order valence-corrected chi connectivity index (χ1v) is 10.8. The molecule has 4 aromatic rings. The maximum absolute atomic E-state index is 12.6. The van der Waals surface area contributed by atoms with E-state index in [0.29, 0.717) is 28.7 Å². The van der Waals surface area contributed by atoms with Crippen LogP contribution in [0.4, 0.5) is 0 Å². The molecule has 0 saturated heterocycles. The van der Waals surface area contributed by atoms with E-state index in [1.165, 1.54) is 12.8 Å². The molecule has 164 valence electrons. The molecule has 0 atom stereocenters. The average molecular weight is 431 g/mol. The summed E-state index contributed by atoms with van der Waals surface area (Å²) in [4.78, 5) is 20.2. The molecule has 32 heavy (non-hydrogen) atoms. The summed E-state index contributed by atoms with van der Waals surface area (Å²) in [6.07, 6.45) is 6.17. The number of nitrogens with one attached hydrogen (secondary N) is 2. The molecule has 1 aliphatic rings. The van der Waals surface area contributed by atoms with Crippen LogP contribution in [0.25, 0.3) is 21.8 Å². The molecular weight excluding hydrogens is 406 g/mol. The Morgan fingerprint density at radius 2 is 1.78 bits per heavy atom. The smallest absolute Gasteiger partial charge is 0.267 e. The van der Waals surface area contributed by atoms with Crippen molar-refractivity contribution in [3.05, 3.63) is 54.4 Å². The highest BCUT2D eigenvalue weighted by Gasteiger charge is 2.19. The van der Waals surface area contributed by atoms with Crippen LogP contribution >= 0.6 is 0 Å². The Hall–Kier alpha value is -3.74. The lowest BCUT2D eigenvalue weighted by Gasteiger charge is -2.12. The van der Waals surface area contributed by atoms with Gasteiger partial charge in [0.15, 0.2) is 11.5 Å². The molecule has 0 radical (unpaired) electrons. The van der Waals surface area contributed by atoms with Crippen molar-refractivity contribution in [2.45, 2.75) is 31.7 Å². The van der Waals surface area contributed by atoms with Gasteiger partial charge in [0.2, 0.25) is 0 Å². The molecule has 2 N–H and O–H groups in total. The zero-order chi connectivity index (χ0) is 22.1. The highest BCUT2D eigenvalue weighted by Crippen LogP contribution is 2.37. The average Bonchev–Trinajstić information content (AvgIpc) is 3.48. The second-order valence-electron chi connectivity index (χ2n) is 8.02. The number of rotatable bonds is 6. The molecule has 5 rings (SSSR count). The van der Waals surface area contributed by atoms with E-state index in [1.54, 1.807) is 20.4 Å². The molecule has 0 spiro atoms. The number of carbonyl (C=O) groups is 1. The lowest BCUT2D eigenvalue weighted by atomic mass is 10.1. The summed E-state index contributed by atoms with van der Waals surface area (Å²) in [7, 11) is 3.19. The van der Waals surface area contributed by atoms with Crippen LogP contribution in [-0.4, -0.2) is 36.1 Å². The van der Waals surface area contributed by atoms with Crippen molar-refractivity contribution in [2.75, 3.05) is 14.2 Å². The van der Waals surface area contributed by atoms with Crippen molar-refractivity contribution in [3.8, 4) is 23.0 Å². The van der Waals surface area contributed by atoms with Gasteiger partial charge >= 0.3 is 0 Å². The summed E-state index contributed by atoms with van der Waals surface area (Å²) in [5.74, 6) is 2.49. The number of hydrogen-bond donors (Lipinski definition) is 2. The van der Waals surface area contributed by atoms with E-state index >= 15 is 0 Å². The van der Waals surface area contributed by atoms with Gasteiger partial charge in [-0.1, -0.05) is 12.8 Å². The number of aromatic nitrogens is 2. The molecular formula is C25H25N3O4. The first-order chi connectivity index (χ1) is 15.6. The van der Waals surface area contributed by atoms with Crippen molar-refractivity contribution in [1.82, 2.24) is 15.3 Å². The molecule has 0 aliphatic heterocycles. The van der Waals surface area contributed by atoms with E-state index in [-0.39, 0.29) is 11.9 Å². The van der Waals surface area contributed by atoms with Gasteiger partial charge in [-0.15, -0.1) is 0 Å². The van der Waals surface area contributed by atoms with Gasteiger partial charge in [0.1, 0.15) is 17.2 Å². The Kier molecular flexibility index (Phi) is 5.31. The van der Waals surface area contributed by atoms with Gasteiger partial charge in [-0.25, -0.2) is 0 Å². The summed E-state index contributed by atoms with van der Waals surface area (Å²) in [5.41, 5.74) is 2.20. The third-order valence-electron chi connectivity index (χ3n) is 5.96. The monoisotopic (exact) mass is 431 g/mol. The third kappa shape index (κ3) is 3.82. The maximum atomic E-state index is 12.6. The summed E-state index contributed by atoms with van der Waals surface area (Å²) >= 11 is 0. The summed E-state index contributed by atoms with van der Waals surface area (Å²) in [6.45, 7) is 0. The van der Waals surface area contributed by atoms with Crippen molar-refractivity contribution in [3.63, 3.8) is 0 Å². The maximum Gasteiger partial charge on any atom is 0.267 e. The van der Waals surface area contributed by atoms with E-state index < -0.39 is 0 Å². The van der Waals surface area contributed by atoms with Crippen LogP contribution < -0.4 is 19.5 Å². The number of ether oxygens (including phenoxy) is 3. The van der Waals surface area contributed by atoms with Crippen molar-refractivity contribution in [2.24, 2.45) is 0 Å². The molecule has 1 amide bonds. The van der Waals surface area contributed by atoms with E-state index in [0.717, 1.165) is 34.6 Å². The van der Waals surface area contributed by atoms with Gasteiger partial charge in [0.25, 0.3) is 5.91 Å². The standard InChI is InChI=1S/C25H25N3O4/c1-30-23-13-18-20(14-24(23)31-2)26-10-9-22(18)32-17-7-8-19-15(11-17)12-21(28-19)25(29)27-16-5-3-4-6-16/h7-14,16,28H,3-6H2,1-2H3,(H,27,29). The molecule has 1 aliphatic carbocycles. The fraction of sp³-hybridized carbons (Fsp3) is 0.280. The van der Waals surface area contributed by atoms with E-state index in [2.05, 4.69) is 15.3 Å². The number of benzene rings is 2. The summed E-state index contributed by atoms with van der Waals surface area (Å²) < 4.78 is 17.0. The van der Waals surface area contributed by atoms with Crippen LogP contribution in [0.3, 0.4) is 0 Å². The molecule has 0 bridgehead atoms. The van der Waals surface area contributed by atoms with Crippen molar-refractivity contribution < 1.29 is 19.0 Å². The predicted octanol–water partition coefficient (Wildman–Crippen LogP) is 5.20. The molecule has 2 aromatic carbocycles. The largest absolute Gasteiger partial charge is 0.493 e. The fourth-order valence-electron chi connectivity index (χ4n) is 4.29. The minimum Gasteiger partial charge on any atom is -0.493 e. The van der Waals surface area contributed by atoms with E-state index in [4.69, 9.17) is 14.2 Å². The Morgan fingerprint density at radius 3 is 2.56 bits per heavy atom. The van der Waals surface area contributed by atoms with E-state index in [9.17, 15) is 4.79 Å². The SMILES string of the molecule is COc1cc2nccc(Oc3ccc4[nH]c(C(=O)NC5CCCC5)cc4c3)c2cc1OC. The number of methoxy groups -OCH3 is 2. The minimum absolute atomic E-state index is 0.0586. The molecule has 7 nitrogen and oxygen atoms in total. The first kappa shape index (κ1) is 20.2. The zero-order valence-electron chi connectivity index (χ0n) is 18.1. The number of pyridine rings is 1. The van der Waals surface area contributed by atoms with Gasteiger partial charge in [0.05, 0.1) is 19.7 Å². The van der Waals surface area contributed by atoms with Crippen molar-refractivity contribution in [1.29, 1.82) is 0 Å². The van der Waals surface area contributed by atoms with Crippen LogP contribution in [0.1, 0.15) is 36.2 Å². The topological polar surface area (TPSA) is 85.5 Å². The lowest BCUT2D eigenvalue weighted by molar-refractivity contribution is 0.0933. The molecule has 2 aromatic heterocycles. The molecule has 1 saturated carbocycles. The molecule has 2 heterocycles. The Balaban J connectivity index is 1.43. The molecule has 0 unspecified atom stereocenters. The third-order valence-corrected chi connectivity index (χ3v) is 5.96. The number of aromatic amines is 1. The highest BCUT2D eigenvalue weighted by atomic mass is 16.5. The van der Waals surface area contributed by atoms with Gasteiger partial charge < -0.3 is 24.5 Å². The number of amides is 1. The Morgan fingerprint density at radius 1 is 1.00 bits per heavy atom. The Bertz CT molecular complexity index is 1290. The van der Waals surface area contributed by atoms with Gasteiger partial charge in [0, 0.05) is 34.6 Å². The molecule has 1 fully saturated rings. The normalized spacial score (nSPS) is 14.1. The minimum atomic E-state index is -0.0586. The quantitative estimate of drug-likeness (QED) is 0.438. The van der Waals surface area contributed by atoms with Crippen LogP contribution in [0.15, 0.2) is 48.7 Å².